The zero-order valence-corrected chi connectivity index (χ0v) is 28.8. The topological polar surface area (TPSA) is 68.3 Å². The Bertz CT molecular complexity index is 614. The third-order valence-corrected chi connectivity index (χ3v) is 8.26. The highest BCUT2D eigenvalue weighted by Gasteiger charge is 2.18. The maximum atomic E-state index is 12.6. The molecule has 7 nitrogen and oxygen atoms in total. The predicted molar refractivity (Wildman–Crippen MR) is 176 cm³/mol. The summed E-state index contributed by atoms with van der Waals surface area (Å²) in [4.78, 5) is 29.9. The molecule has 0 fully saturated rings. The van der Waals surface area contributed by atoms with Crippen LogP contribution in [0.5, 0.6) is 0 Å². The average Bonchev–Trinajstić information content (AvgIpc) is 2.98. The Hall–Kier alpha value is -1.34. The minimum absolute atomic E-state index is 0.127. The molecule has 2 unspecified atom stereocenters. The van der Waals surface area contributed by atoms with Crippen molar-refractivity contribution in [1.29, 1.82) is 0 Å². The number of hydrogen-bond donors (Lipinski definition) is 0. The lowest BCUT2D eigenvalue weighted by atomic mass is 9.96. The van der Waals surface area contributed by atoms with E-state index in [1.165, 1.54) is 51.4 Å². The lowest BCUT2D eigenvalue weighted by Gasteiger charge is -2.26. The first-order valence-electron chi connectivity index (χ1n) is 17.9. The molecule has 250 valence electrons. The molecule has 42 heavy (non-hydrogen) atoms. The first-order valence-corrected chi connectivity index (χ1v) is 17.9. The summed E-state index contributed by atoms with van der Waals surface area (Å²) in [6.07, 6.45) is 16.9. The highest BCUT2D eigenvalue weighted by atomic mass is 16.7. The SMILES string of the molecule is CCCCCCC(CCCC)COC(=O)CCCC(CCCCCC)OC(=O)OCCN(CCC)CCN(CC)CC. The van der Waals surface area contributed by atoms with Crippen molar-refractivity contribution in [2.45, 2.75) is 157 Å². The van der Waals surface area contributed by atoms with Crippen LogP contribution in [0.4, 0.5) is 4.79 Å². The van der Waals surface area contributed by atoms with E-state index >= 15 is 0 Å². The lowest BCUT2D eigenvalue weighted by Crippen LogP contribution is -2.37. The highest BCUT2D eigenvalue weighted by Crippen LogP contribution is 2.19. The van der Waals surface area contributed by atoms with Crippen LogP contribution in [0.1, 0.15) is 151 Å². The number of ether oxygens (including phenoxy) is 3. The molecule has 0 bridgehead atoms. The number of unbranched alkanes of at least 4 members (excludes halogenated alkanes) is 7. The van der Waals surface area contributed by atoms with Gasteiger partial charge in [-0.25, -0.2) is 4.79 Å². The van der Waals surface area contributed by atoms with Crippen LogP contribution in [0.2, 0.25) is 0 Å². The Morgan fingerprint density at radius 1 is 0.571 bits per heavy atom. The second kappa shape index (κ2) is 29.7. The summed E-state index contributed by atoms with van der Waals surface area (Å²) in [5, 5.41) is 0. The Balaban J connectivity index is 4.61. The van der Waals surface area contributed by atoms with Crippen molar-refractivity contribution in [2.75, 3.05) is 52.5 Å². The van der Waals surface area contributed by atoms with Gasteiger partial charge in [0.25, 0.3) is 0 Å². The van der Waals surface area contributed by atoms with Crippen LogP contribution in [0.3, 0.4) is 0 Å². The van der Waals surface area contributed by atoms with Gasteiger partial charge in [0.1, 0.15) is 12.7 Å². The van der Waals surface area contributed by atoms with Crippen LogP contribution in [-0.4, -0.2) is 80.5 Å². The van der Waals surface area contributed by atoms with E-state index in [0.717, 1.165) is 77.8 Å². The van der Waals surface area contributed by atoms with Gasteiger partial charge in [-0.15, -0.1) is 0 Å². The van der Waals surface area contributed by atoms with E-state index in [-0.39, 0.29) is 12.1 Å². The van der Waals surface area contributed by atoms with E-state index in [4.69, 9.17) is 14.2 Å². The van der Waals surface area contributed by atoms with Crippen molar-refractivity contribution < 1.29 is 23.8 Å². The van der Waals surface area contributed by atoms with E-state index in [1.807, 2.05) is 0 Å². The maximum absolute atomic E-state index is 12.6. The number of carbonyl (C=O) groups is 2. The molecular weight excluding hydrogens is 528 g/mol. The third kappa shape index (κ3) is 24.1. The third-order valence-electron chi connectivity index (χ3n) is 8.26. The van der Waals surface area contributed by atoms with Crippen LogP contribution in [0.25, 0.3) is 0 Å². The zero-order chi connectivity index (χ0) is 31.3. The molecule has 0 amide bonds. The van der Waals surface area contributed by atoms with Gasteiger partial charge in [-0.1, -0.05) is 99.3 Å². The van der Waals surface area contributed by atoms with Crippen LogP contribution in [0, 0.1) is 5.92 Å². The van der Waals surface area contributed by atoms with Crippen LogP contribution in [-0.2, 0) is 19.0 Å². The number of carbonyl (C=O) groups excluding carboxylic acids is 2. The monoisotopic (exact) mass is 599 g/mol. The molecule has 0 saturated heterocycles. The second-order valence-corrected chi connectivity index (χ2v) is 12.0. The Labute approximate surface area is 260 Å². The molecule has 0 radical (unpaired) electrons. The summed E-state index contributed by atoms with van der Waals surface area (Å²) in [6, 6.07) is 0. The summed E-state index contributed by atoms with van der Waals surface area (Å²) in [5.41, 5.74) is 0. The van der Waals surface area contributed by atoms with Crippen molar-refractivity contribution in [3.05, 3.63) is 0 Å². The Morgan fingerprint density at radius 3 is 1.79 bits per heavy atom. The van der Waals surface area contributed by atoms with Gasteiger partial charge in [-0.3, -0.25) is 9.69 Å². The summed E-state index contributed by atoms with van der Waals surface area (Å²) >= 11 is 0. The van der Waals surface area contributed by atoms with E-state index in [0.29, 0.717) is 38.4 Å². The molecule has 0 aromatic heterocycles. The van der Waals surface area contributed by atoms with Crippen molar-refractivity contribution >= 4 is 12.1 Å². The predicted octanol–water partition coefficient (Wildman–Crippen LogP) is 9.02. The van der Waals surface area contributed by atoms with Crippen molar-refractivity contribution in [1.82, 2.24) is 9.80 Å². The fourth-order valence-electron chi connectivity index (χ4n) is 5.38. The molecular formula is C35H70N2O5. The standard InChI is InChI=1S/C35H70N2O5/c1-7-13-16-18-22-32(21-15-9-3)31-41-34(38)25-20-24-33(23-19-17-14-8-2)42-35(39)40-30-29-37(26-10-4)28-27-36(11-5)12-6/h32-33H,7-31H2,1-6H3. The fourth-order valence-corrected chi connectivity index (χ4v) is 5.38. The second-order valence-electron chi connectivity index (χ2n) is 12.0. The molecule has 2 atom stereocenters. The van der Waals surface area contributed by atoms with Gasteiger partial charge in [0, 0.05) is 26.1 Å². The van der Waals surface area contributed by atoms with Gasteiger partial charge in [-0.2, -0.15) is 0 Å². The van der Waals surface area contributed by atoms with Gasteiger partial charge in [0.2, 0.25) is 0 Å². The summed E-state index contributed by atoms with van der Waals surface area (Å²) < 4.78 is 17.0. The molecule has 0 aliphatic heterocycles. The van der Waals surface area contributed by atoms with Crippen molar-refractivity contribution in [3.8, 4) is 0 Å². The van der Waals surface area contributed by atoms with Crippen LogP contribution < -0.4 is 0 Å². The number of hydrogen-bond acceptors (Lipinski definition) is 7. The molecule has 0 heterocycles. The summed E-state index contributed by atoms with van der Waals surface area (Å²) in [7, 11) is 0. The number of likely N-dealkylation sites (N-methyl/N-ethyl adjacent to an activating group) is 1. The summed E-state index contributed by atoms with van der Waals surface area (Å²) in [6.45, 7) is 19.9. The largest absolute Gasteiger partial charge is 0.508 e. The van der Waals surface area contributed by atoms with Crippen LogP contribution in [0.15, 0.2) is 0 Å². The fraction of sp³-hybridized carbons (Fsp3) is 0.943. The normalized spacial score (nSPS) is 13.0. The molecule has 7 heteroatoms. The maximum Gasteiger partial charge on any atom is 0.508 e. The minimum atomic E-state index is -0.583. The van der Waals surface area contributed by atoms with Gasteiger partial charge < -0.3 is 19.1 Å². The number of esters is 1. The van der Waals surface area contributed by atoms with Gasteiger partial charge in [0.15, 0.2) is 0 Å². The van der Waals surface area contributed by atoms with Gasteiger partial charge >= 0.3 is 12.1 Å². The van der Waals surface area contributed by atoms with E-state index in [1.54, 1.807) is 0 Å². The molecule has 0 saturated carbocycles. The molecule has 0 aliphatic carbocycles. The number of nitrogens with zero attached hydrogens (tertiary/aromatic N) is 2. The molecule has 0 aromatic rings. The van der Waals surface area contributed by atoms with Crippen molar-refractivity contribution in [2.24, 2.45) is 5.92 Å². The molecule has 0 aliphatic rings. The molecule has 0 spiro atoms. The minimum Gasteiger partial charge on any atom is -0.465 e. The number of rotatable bonds is 30. The van der Waals surface area contributed by atoms with Crippen LogP contribution >= 0.6 is 0 Å². The molecule has 0 aromatic carbocycles. The van der Waals surface area contributed by atoms with E-state index in [9.17, 15) is 9.59 Å². The Morgan fingerprint density at radius 2 is 1.17 bits per heavy atom. The Kier molecular flexibility index (Phi) is 28.8. The highest BCUT2D eigenvalue weighted by molar-refractivity contribution is 5.69. The van der Waals surface area contributed by atoms with Gasteiger partial charge in [-0.05, 0) is 70.5 Å². The van der Waals surface area contributed by atoms with Gasteiger partial charge in [0.05, 0.1) is 6.61 Å². The average molecular weight is 599 g/mol. The quantitative estimate of drug-likeness (QED) is 0.0603. The molecule has 0 rings (SSSR count). The molecule has 0 N–H and O–H groups in total. The summed E-state index contributed by atoms with van der Waals surface area (Å²) in [5.74, 6) is 0.346. The first-order chi connectivity index (χ1) is 20.4. The van der Waals surface area contributed by atoms with E-state index in [2.05, 4.69) is 51.3 Å². The van der Waals surface area contributed by atoms with E-state index < -0.39 is 6.16 Å². The zero-order valence-electron chi connectivity index (χ0n) is 28.8. The lowest BCUT2D eigenvalue weighted by molar-refractivity contribution is -0.145. The van der Waals surface area contributed by atoms with Crippen molar-refractivity contribution in [3.63, 3.8) is 0 Å². The first kappa shape index (κ1) is 40.7. The smallest absolute Gasteiger partial charge is 0.465 e.